The van der Waals surface area contributed by atoms with Gasteiger partial charge >= 0.3 is 10.2 Å². The lowest BCUT2D eigenvalue weighted by Crippen LogP contribution is -2.26. The monoisotopic (exact) mass is 295 g/mol. The molecule has 6 nitrogen and oxygen atoms in total. The number of nitrogens with zero attached hydrogens (tertiary/aromatic N) is 3. The van der Waals surface area contributed by atoms with Crippen LogP contribution in [0.2, 0.25) is 0 Å². The summed E-state index contributed by atoms with van der Waals surface area (Å²) in [6.07, 6.45) is 2.73. The largest absolute Gasteiger partial charge is 0.311 e. The van der Waals surface area contributed by atoms with Crippen LogP contribution in [0.5, 0.6) is 0 Å². The summed E-state index contributed by atoms with van der Waals surface area (Å²) < 4.78 is 34.8. The Morgan fingerprint density at radius 3 is 2.55 bits per heavy atom. The van der Waals surface area contributed by atoms with E-state index in [2.05, 4.69) is 9.97 Å². The molecule has 1 aliphatic rings. The Labute approximate surface area is 114 Å². The van der Waals surface area contributed by atoms with E-state index in [0.717, 1.165) is 0 Å². The molecule has 0 saturated carbocycles. The van der Waals surface area contributed by atoms with Crippen LogP contribution in [0.25, 0.3) is 11.0 Å². The fraction of sp³-hybridized carbons (Fsp3) is 0.250. The first-order valence-electron chi connectivity index (χ1n) is 5.90. The lowest BCUT2D eigenvalue weighted by molar-refractivity contribution is -0.117. The predicted octanol–water partition coefficient (Wildman–Crippen LogP) is 1.03. The lowest BCUT2D eigenvalue weighted by Gasteiger charge is -2.16. The third-order valence-corrected chi connectivity index (χ3v) is 4.36. The molecule has 1 aromatic carbocycles. The fourth-order valence-electron chi connectivity index (χ4n) is 2.23. The molecule has 1 unspecified atom stereocenters. The molecular formula is C12H10FN3O3S. The first-order valence-corrected chi connectivity index (χ1v) is 7.34. The van der Waals surface area contributed by atoms with Crippen LogP contribution in [-0.2, 0) is 15.0 Å². The van der Waals surface area contributed by atoms with E-state index < -0.39 is 21.4 Å². The molecule has 0 N–H and O–H groups in total. The minimum atomic E-state index is -4.71. The number of hydrogen-bond acceptors (Lipinski definition) is 5. The van der Waals surface area contributed by atoms with E-state index in [0.29, 0.717) is 16.7 Å². The molecule has 1 fully saturated rings. The molecule has 1 aliphatic heterocycles. The van der Waals surface area contributed by atoms with Gasteiger partial charge in [-0.05, 0) is 18.2 Å². The Bertz CT molecular complexity index is 793. The van der Waals surface area contributed by atoms with E-state index >= 15 is 0 Å². The zero-order valence-corrected chi connectivity index (χ0v) is 11.0. The van der Waals surface area contributed by atoms with Crippen molar-refractivity contribution < 1.29 is 17.1 Å². The van der Waals surface area contributed by atoms with Crippen LogP contribution in [0.1, 0.15) is 6.42 Å². The minimum Gasteiger partial charge on any atom is -0.311 e. The van der Waals surface area contributed by atoms with Crippen LogP contribution in [0, 0.1) is 0 Å². The van der Waals surface area contributed by atoms with E-state index in [1.165, 1.54) is 11.1 Å². The van der Waals surface area contributed by atoms with Crippen LogP contribution in [0.3, 0.4) is 0 Å². The van der Waals surface area contributed by atoms with Gasteiger partial charge in [0.15, 0.2) is 0 Å². The number of rotatable bonds is 2. The molecule has 1 atom stereocenters. The number of benzene rings is 1. The highest BCUT2D eigenvalue weighted by molar-refractivity contribution is 7.87. The van der Waals surface area contributed by atoms with Crippen molar-refractivity contribution >= 4 is 32.9 Å². The highest BCUT2D eigenvalue weighted by Crippen LogP contribution is 2.27. The van der Waals surface area contributed by atoms with Crippen LogP contribution >= 0.6 is 0 Å². The van der Waals surface area contributed by atoms with Gasteiger partial charge in [0.2, 0.25) is 5.91 Å². The molecule has 1 aromatic heterocycles. The van der Waals surface area contributed by atoms with E-state index in [4.69, 9.17) is 0 Å². The molecule has 1 saturated heterocycles. The molecule has 0 aliphatic carbocycles. The second kappa shape index (κ2) is 4.48. The topological polar surface area (TPSA) is 80.2 Å². The highest BCUT2D eigenvalue weighted by Gasteiger charge is 2.39. The van der Waals surface area contributed by atoms with Gasteiger partial charge in [0, 0.05) is 31.0 Å². The SMILES string of the molecule is O=C1CC(S(=O)(=O)F)CN1c1ccc2nccnc2c1. The van der Waals surface area contributed by atoms with E-state index in [1.807, 2.05) is 0 Å². The summed E-state index contributed by atoms with van der Waals surface area (Å²) in [7, 11) is -4.71. The van der Waals surface area contributed by atoms with E-state index in [-0.39, 0.29) is 13.0 Å². The van der Waals surface area contributed by atoms with E-state index in [1.54, 1.807) is 24.4 Å². The highest BCUT2D eigenvalue weighted by atomic mass is 32.3. The molecule has 104 valence electrons. The maximum Gasteiger partial charge on any atom is 0.307 e. The molecule has 0 spiro atoms. The molecule has 3 rings (SSSR count). The third kappa shape index (κ3) is 2.22. The normalized spacial score (nSPS) is 19.8. The Morgan fingerprint density at radius 1 is 1.20 bits per heavy atom. The number of fused-ring (bicyclic) bond motifs is 1. The molecule has 0 bridgehead atoms. The van der Waals surface area contributed by atoms with Crippen LogP contribution in [0.4, 0.5) is 9.57 Å². The second-order valence-corrected chi connectivity index (χ2v) is 6.15. The first-order chi connectivity index (χ1) is 9.45. The fourth-order valence-corrected chi connectivity index (χ4v) is 2.90. The van der Waals surface area contributed by atoms with Crippen molar-refractivity contribution in [3.8, 4) is 0 Å². The summed E-state index contributed by atoms with van der Waals surface area (Å²) in [5.41, 5.74) is 1.75. The Hall–Kier alpha value is -2.09. The van der Waals surface area contributed by atoms with Crippen molar-refractivity contribution in [3.05, 3.63) is 30.6 Å². The number of carbonyl (C=O) groups excluding carboxylic acids is 1. The van der Waals surface area contributed by atoms with E-state index in [9.17, 15) is 17.1 Å². The maximum atomic E-state index is 13.0. The van der Waals surface area contributed by atoms with Crippen molar-refractivity contribution in [2.45, 2.75) is 11.7 Å². The first kappa shape index (κ1) is 12.9. The Morgan fingerprint density at radius 2 is 1.90 bits per heavy atom. The molecule has 20 heavy (non-hydrogen) atoms. The van der Waals surface area contributed by atoms with Gasteiger partial charge in [-0.1, -0.05) is 0 Å². The number of anilines is 1. The van der Waals surface area contributed by atoms with Gasteiger partial charge < -0.3 is 4.90 Å². The number of amides is 1. The Balaban J connectivity index is 1.97. The van der Waals surface area contributed by atoms with Crippen molar-refractivity contribution in [1.82, 2.24) is 9.97 Å². The molecule has 2 heterocycles. The average Bonchev–Trinajstić information content (AvgIpc) is 2.80. The summed E-state index contributed by atoms with van der Waals surface area (Å²) >= 11 is 0. The molecule has 0 radical (unpaired) electrons. The van der Waals surface area contributed by atoms with Gasteiger partial charge in [0.05, 0.1) is 11.0 Å². The van der Waals surface area contributed by atoms with Gasteiger partial charge in [-0.25, -0.2) is 0 Å². The minimum absolute atomic E-state index is 0.177. The number of hydrogen-bond donors (Lipinski definition) is 0. The van der Waals surface area contributed by atoms with Crippen LogP contribution < -0.4 is 4.90 Å². The Kier molecular flexibility index (Phi) is 2.89. The molecular weight excluding hydrogens is 285 g/mol. The van der Waals surface area contributed by atoms with Crippen molar-refractivity contribution in [1.29, 1.82) is 0 Å². The standard InChI is InChI=1S/C12H10FN3O3S/c13-20(18,19)9-6-12(17)16(7-9)8-1-2-10-11(5-8)15-4-3-14-10/h1-5,9H,6-7H2. The quantitative estimate of drug-likeness (QED) is 0.773. The summed E-state index contributed by atoms with van der Waals surface area (Å²) in [6.45, 7) is -0.177. The maximum absolute atomic E-state index is 13.0. The van der Waals surface area contributed by atoms with Crippen molar-refractivity contribution in [2.24, 2.45) is 0 Å². The number of carbonyl (C=O) groups is 1. The zero-order valence-electron chi connectivity index (χ0n) is 10.2. The van der Waals surface area contributed by atoms with Crippen LogP contribution in [-0.4, -0.2) is 36.1 Å². The van der Waals surface area contributed by atoms with Gasteiger partial charge in [-0.3, -0.25) is 14.8 Å². The van der Waals surface area contributed by atoms with Gasteiger partial charge in [-0.2, -0.15) is 8.42 Å². The average molecular weight is 295 g/mol. The molecule has 8 heteroatoms. The summed E-state index contributed by atoms with van der Waals surface area (Å²) in [6, 6.07) is 4.96. The second-order valence-electron chi connectivity index (χ2n) is 4.54. The predicted molar refractivity (Wildman–Crippen MR) is 70.3 cm³/mol. The summed E-state index contributed by atoms with van der Waals surface area (Å²) in [5.74, 6) is -0.417. The van der Waals surface area contributed by atoms with Crippen molar-refractivity contribution in [3.63, 3.8) is 0 Å². The number of halogens is 1. The zero-order chi connectivity index (χ0) is 14.3. The smallest absolute Gasteiger partial charge is 0.307 e. The van der Waals surface area contributed by atoms with Crippen LogP contribution in [0.15, 0.2) is 30.6 Å². The third-order valence-electron chi connectivity index (χ3n) is 3.25. The van der Waals surface area contributed by atoms with Gasteiger partial charge in [-0.15, -0.1) is 3.89 Å². The molecule has 1 amide bonds. The lowest BCUT2D eigenvalue weighted by atomic mass is 10.2. The van der Waals surface area contributed by atoms with Crippen molar-refractivity contribution in [2.75, 3.05) is 11.4 Å². The summed E-state index contributed by atoms with van der Waals surface area (Å²) in [5, 5.41) is -1.30. The van der Waals surface area contributed by atoms with Gasteiger partial charge in [0.25, 0.3) is 0 Å². The number of aromatic nitrogens is 2. The molecule has 2 aromatic rings. The summed E-state index contributed by atoms with van der Waals surface area (Å²) in [4.78, 5) is 21.3. The van der Waals surface area contributed by atoms with Gasteiger partial charge in [0.1, 0.15) is 5.25 Å².